The van der Waals surface area contributed by atoms with Crippen LogP contribution in [0.4, 0.5) is 0 Å². The van der Waals surface area contributed by atoms with Crippen molar-refractivity contribution in [2.75, 3.05) is 0 Å². The minimum Gasteiger partial charge on any atom is -0.478 e. The van der Waals surface area contributed by atoms with E-state index in [4.69, 9.17) is 5.11 Å². The number of hydrogen-bond donors (Lipinski definition) is 2. The lowest BCUT2D eigenvalue weighted by Crippen LogP contribution is -2.12. The Morgan fingerprint density at radius 3 is 2.78 bits per heavy atom. The molecule has 2 aromatic rings. The first-order valence-corrected chi connectivity index (χ1v) is 6.42. The zero-order valence-corrected chi connectivity index (χ0v) is 11.6. The summed E-state index contributed by atoms with van der Waals surface area (Å²) in [5, 5.41) is 15.5. The summed E-state index contributed by atoms with van der Waals surface area (Å²) in [6, 6.07) is 4.67. The number of rotatable bonds is 3. The van der Waals surface area contributed by atoms with Crippen molar-refractivity contribution in [1.29, 1.82) is 0 Å². The lowest BCUT2D eigenvalue weighted by Gasteiger charge is -2.04. The molecule has 0 aliphatic rings. The number of aromatic amines is 1. The zero-order chi connectivity index (χ0) is 13.3. The van der Waals surface area contributed by atoms with E-state index in [0.717, 1.165) is 4.90 Å². The summed E-state index contributed by atoms with van der Waals surface area (Å²) >= 11 is 4.56. The predicted molar refractivity (Wildman–Crippen MR) is 69.1 cm³/mol. The van der Waals surface area contributed by atoms with Crippen LogP contribution < -0.4 is 5.69 Å². The largest absolute Gasteiger partial charge is 0.478 e. The highest BCUT2D eigenvalue weighted by Gasteiger charge is 2.11. The van der Waals surface area contributed by atoms with Gasteiger partial charge in [-0.2, -0.15) is 0 Å². The molecule has 0 saturated carbocycles. The maximum atomic E-state index is 11.2. The molecule has 8 heteroatoms. The fourth-order valence-electron chi connectivity index (χ4n) is 1.24. The SMILES string of the molecule is Cn1c(Sc2ccc(C(=O)O)cc2Br)n[nH]c1=O. The Morgan fingerprint density at radius 2 is 2.28 bits per heavy atom. The second-order valence-electron chi connectivity index (χ2n) is 3.42. The summed E-state index contributed by atoms with van der Waals surface area (Å²) in [6.45, 7) is 0. The molecule has 0 amide bonds. The summed E-state index contributed by atoms with van der Waals surface area (Å²) in [5.41, 5.74) is -0.0991. The van der Waals surface area contributed by atoms with Gasteiger partial charge >= 0.3 is 11.7 Å². The number of aromatic carboxylic acids is 1. The van der Waals surface area contributed by atoms with E-state index in [0.29, 0.717) is 9.63 Å². The van der Waals surface area contributed by atoms with Crippen molar-refractivity contribution in [2.45, 2.75) is 10.1 Å². The Hall–Kier alpha value is -1.54. The molecule has 2 N–H and O–H groups in total. The Morgan fingerprint density at radius 1 is 1.56 bits per heavy atom. The molecule has 0 saturated heterocycles. The lowest BCUT2D eigenvalue weighted by atomic mass is 10.2. The number of carbonyl (C=O) groups is 1. The number of carboxylic acid groups (broad SMARTS) is 1. The van der Waals surface area contributed by atoms with E-state index in [-0.39, 0.29) is 11.3 Å². The van der Waals surface area contributed by atoms with Gasteiger partial charge in [0, 0.05) is 16.4 Å². The van der Waals surface area contributed by atoms with E-state index < -0.39 is 5.97 Å². The van der Waals surface area contributed by atoms with Crippen LogP contribution in [0.5, 0.6) is 0 Å². The third kappa shape index (κ3) is 2.49. The maximum Gasteiger partial charge on any atom is 0.343 e. The Balaban J connectivity index is 2.33. The van der Waals surface area contributed by atoms with Crippen LogP contribution in [0.1, 0.15) is 10.4 Å². The summed E-state index contributed by atoms with van der Waals surface area (Å²) < 4.78 is 2.02. The number of carboxylic acids is 1. The van der Waals surface area contributed by atoms with Crippen LogP contribution in [0.2, 0.25) is 0 Å². The topological polar surface area (TPSA) is 88.0 Å². The summed E-state index contributed by atoms with van der Waals surface area (Å²) in [7, 11) is 1.60. The first kappa shape index (κ1) is 12.9. The van der Waals surface area contributed by atoms with Crippen LogP contribution in [-0.4, -0.2) is 25.8 Å². The average molecular weight is 330 g/mol. The van der Waals surface area contributed by atoms with Crippen molar-refractivity contribution in [2.24, 2.45) is 7.05 Å². The van der Waals surface area contributed by atoms with Gasteiger partial charge in [0.1, 0.15) is 0 Å². The van der Waals surface area contributed by atoms with Gasteiger partial charge in [-0.3, -0.25) is 4.57 Å². The van der Waals surface area contributed by atoms with Crippen molar-refractivity contribution in [1.82, 2.24) is 14.8 Å². The summed E-state index contributed by atoms with van der Waals surface area (Å²) in [4.78, 5) is 22.8. The average Bonchev–Trinajstić information content (AvgIpc) is 2.63. The van der Waals surface area contributed by atoms with Crippen molar-refractivity contribution < 1.29 is 9.90 Å². The van der Waals surface area contributed by atoms with Crippen LogP contribution >= 0.6 is 27.7 Å². The zero-order valence-electron chi connectivity index (χ0n) is 9.18. The molecule has 1 heterocycles. The van der Waals surface area contributed by atoms with Gasteiger partial charge < -0.3 is 5.11 Å². The van der Waals surface area contributed by atoms with Crippen molar-refractivity contribution >= 4 is 33.7 Å². The van der Waals surface area contributed by atoms with Crippen molar-refractivity contribution in [3.05, 3.63) is 38.7 Å². The van der Waals surface area contributed by atoms with Gasteiger partial charge in [0.2, 0.25) is 0 Å². The molecule has 1 aromatic heterocycles. The smallest absolute Gasteiger partial charge is 0.343 e. The monoisotopic (exact) mass is 329 g/mol. The van der Waals surface area contributed by atoms with E-state index in [2.05, 4.69) is 26.1 Å². The van der Waals surface area contributed by atoms with E-state index in [9.17, 15) is 9.59 Å². The quantitative estimate of drug-likeness (QED) is 0.895. The lowest BCUT2D eigenvalue weighted by molar-refractivity contribution is 0.0696. The number of benzene rings is 1. The predicted octanol–water partition coefficient (Wildman–Crippen LogP) is 1.72. The fraction of sp³-hybridized carbons (Fsp3) is 0.100. The minimum absolute atomic E-state index is 0.196. The number of aromatic nitrogens is 3. The van der Waals surface area contributed by atoms with E-state index >= 15 is 0 Å². The van der Waals surface area contributed by atoms with Crippen LogP contribution in [0.25, 0.3) is 0 Å². The standard InChI is InChI=1S/C10H8BrN3O3S/c1-14-9(17)12-13-10(14)18-7-3-2-5(8(15)16)4-6(7)11/h2-4H,1H3,(H,12,17)(H,15,16). The minimum atomic E-state index is -0.987. The highest BCUT2D eigenvalue weighted by Crippen LogP contribution is 2.32. The second-order valence-corrected chi connectivity index (χ2v) is 5.29. The summed E-state index contributed by atoms with van der Waals surface area (Å²) in [5.74, 6) is -0.987. The molecule has 0 spiro atoms. The molecule has 18 heavy (non-hydrogen) atoms. The molecule has 1 aromatic carbocycles. The Labute approximate surface area is 114 Å². The number of nitrogens with zero attached hydrogens (tertiary/aromatic N) is 2. The first-order chi connectivity index (χ1) is 8.49. The van der Waals surface area contributed by atoms with Gasteiger partial charge in [0.25, 0.3) is 0 Å². The third-order valence-corrected chi connectivity index (χ3v) is 4.26. The van der Waals surface area contributed by atoms with Crippen molar-refractivity contribution in [3.63, 3.8) is 0 Å². The normalized spacial score (nSPS) is 10.6. The number of H-pyrrole nitrogens is 1. The maximum absolute atomic E-state index is 11.2. The fourth-order valence-corrected chi connectivity index (χ4v) is 2.66. The third-order valence-electron chi connectivity index (χ3n) is 2.22. The van der Waals surface area contributed by atoms with Crippen LogP contribution in [0.3, 0.4) is 0 Å². The van der Waals surface area contributed by atoms with Gasteiger partial charge in [-0.25, -0.2) is 14.7 Å². The Kier molecular flexibility index (Phi) is 3.58. The molecular formula is C10H8BrN3O3S. The molecule has 0 atom stereocenters. The molecule has 94 valence electrons. The molecule has 2 rings (SSSR count). The number of halogens is 1. The summed E-state index contributed by atoms with van der Waals surface area (Å²) in [6.07, 6.45) is 0. The first-order valence-electron chi connectivity index (χ1n) is 4.81. The molecule has 0 aliphatic heterocycles. The van der Waals surface area contributed by atoms with Gasteiger partial charge in [-0.1, -0.05) is 0 Å². The van der Waals surface area contributed by atoms with Gasteiger partial charge in [-0.15, -0.1) is 5.10 Å². The second kappa shape index (κ2) is 4.99. The Bertz CT molecular complexity index is 665. The molecule has 0 radical (unpaired) electrons. The number of hydrogen-bond acceptors (Lipinski definition) is 4. The molecular weight excluding hydrogens is 322 g/mol. The van der Waals surface area contributed by atoms with Gasteiger partial charge in [0.15, 0.2) is 5.16 Å². The molecule has 0 aliphatic carbocycles. The highest BCUT2D eigenvalue weighted by molar-refractivity contribution is 9.10. The molecule has 0 bridgehead atoms. The number of nitrogens with one attached hydrogen (secondary N) is 1. The van der Waals surface area contributed by atoms with Crippen LogP contribution in [-0.2, 0) is 7.05 Å². The molecule has 6 nitrogen and oxygen atoms in total. The van der Waals surface area contributed by atoms with Crippen LogP contribution in [0, 0.1) is 0 Å². The van der Waals surface area contributed by atoms with Gasteiger partial charge in [-0.05, 0) is 45.9 Å². The van der Waals surface area contributed by atoms with Gasteiger partial charge in [0.05, 0.1) is 5.56 Å². The van der Waals surface area contributed by atoms with Crippen molar-refractivity contribution in [3.8, 4) is 0 Å². The van der Waals surface area contributed by atoms with E-state index in [1.165, 1.54) is 28.5 Å². The highest BCUT2D eigenvalue weighted by atomic mass is 79.9. The van der Waals surface area contributed by atoms with E-state index in [1.54, 1.807) is 13.1 Å². The van der Waals surface area contributed by atoms with E-state index in [1.807, 2.05) is 0 Å². The van der Waals surface area contributed by atoms with Crippen LogP contribution in [0.15, 0.2) is 37.5 Å². The molecule has 0 fully saturated rings. The molecule has 0 unspecified atom stereocenters.